The van der Waals surface area contributed by atoms with Crippen LogP contribution in [0.3, 0.4) is 0 Å². The van der Waals surface area contributed by atoms with Gasteiger partial charge in [-0.05, 0) is 49.8 Å². The number of hydrogen-bond acceptors (Lipinski definition) is 5. The van der Waals surface area contributed by atoms with Crippen molar-refractivity contribution in [2.45, 2.75) is 26.2 Å². The van der Waals surface area contributed by atoms with Gasteiger partial charge < -0.3 is 9.64 Å². The predicted octanol–water partition coefficient (Wildman–Crippen LogP) is 3.77. The Morgan fingerprint density at radius 3 is 2.50 bits per heavy atom. The predicted molar refractivity (Wildman–Crippen MR) is 120 cm³/mol. The van der Waals surface area contributed by atoms with Crippen LogP contribution >= 0.6 is 0 Å². The zero-order valence-electron chi connectivity index (χ0n) is 17.9. The Morgan fingerprint density at radius 1 is 1.07 bits per heavy atom. The van der Waals surface area contributed by atoms with E-state index in [1.165, 1.54) is 12.0 Å². The monoisotopic (exact) mass is 407 g/mol. The fraction of sp³-hybridized carbons (Fsp3) is 0.375. The zero-order valence-corrected chi connectivity index (χ0v) is 17.9. The quantitative estimate of drug-likeness (QED) is 0.361. The van der Waals surface area contributed by atoms with Crippen molar-refractivity contribution in [3.05, 3.63) is 59.7 Å². The highest BCUT2D eigenvalue weighted by molar-refractivity contribution is 6.29. The lowest BCUT2D eigenvalue weighted by molar-refractivity contribution is -0.118. The van der Waals surface area contributed by atoms with Gasteiger partial charge in [-0.1, -0.05) is 44.2 Å². The molecule has 0 aliphatic carbocycles. The summed E-state index contributed by atoms with van der Waals surface area (Å²) < 4.78 is 5.39. The number of fused-ring (bicyclic) bond motifs is 1. The first-order valence-corrected chi connectivity index (χ1v) is 10.4. The van der Waals surface area contributed by atoms with Crippen LogP contribution < -0.4 is 9.64 Å². The zero-order chi connectivity index (χ0) is 21.5. The number of carbonyl (C=O) groups excluding carboxylic acids is 2. The molecule has 1 aliphatic heterocycles. The molecule has 1 atom stereocenters. The van der Waals surface area contributed by atoms with Gasteiger partial charge in [0.1, 0.15) is 5.75 Å². The maximum absolute atomic E-state index is 13.4. The van der Waals surface area contributed by atoms with Gasteiger partial charge in [0.25, 0.3) is 5.91 Å². The fourth-order valence-corrected chi connectivity index (χ4v) is 3.75. The van der Waals surface area contributed by atoms with Crippen LogP contribution in [0.1, 0.15) is 42.1 Å². The Balaban J connectivity index is 1.87. The van der Waals surface area contributed by atoms with E-state index in [1.807, 2.05) is 24.3 Å². The van der Waals surface area contributed by atoms with E-state index in [1.54, 1.807) is 30.5 Å². The topological polar surface area (TPSA) is 62.2 Å². The van der Waals surface area contributed by atoms with Crippen molar-refractivity contribution in [1.29, 1.82) is 0 Å². The van der Waals surface area contributed by atoms with E-state index < -0.39 is 5.92 Å². The first-order valence-electron chi connectivity index (χ1n) is 10.4. The van der Waals surface area contributed by atoms with Crippen LogP contribution in [0, 0.1) is 0 Å². The fourth-order valence-electron chi connectivity index (χ4n) is 3.75. The SMILES string of the molecule is CCN(CC)CCCN=CC1C(=O)N(c2ccccc2OC)C(=O)c2ccccc21. The van der Waals surface area contributed by atoms with Gasteiger partial charge in [-0.25, -0.2) is 4.90 Å². The second-order valence-corrected chi connectivity index (χ2v) is 7.15. The molecule has 0 saturated heterocycles. The van der Waals surface area contributed by atoms with Gasteiger partial charge in [0.15, 0.2) is 0 Å². The van der Waals surface area contributed by atoms with Gasteiger partial charge in [-0.3, -0.25) is 14.6 Å². The summed E-state index contributed by atoms with van der Waals surface area (Å²) in [6.07, 6.45) is 2.62. The summed E-state index contributed by atoms with van der Waals surface area (Å²) in [6, 6.07) is 14.3. The number of para-hydroxylation sites is 2. The number of hydrogen-bond donors (Lipinski definition) is 0. The number of rotatable bonds is 9. The minimum atomic E-state index is -0.600. The number of imide groups is 1. The minimum Gasteiger partial charge on any atom is -0.495 e. The smallest absolute Gasteiger partial charge is 0.265 e. The minimum absolute atomic E-state index is 0.310. The summed E-state index contributed by atoms with van der Waals surface area (Å²) in [7, 11) is 1.53. The molecule has 1 heterocycles. The largest absolute Gasteiger partial charge is 0.495 e. The first kappa shape index (κ1) is 21.7. The third-order valence-corrected chi connectivity index (χ3v) is 5.45. The van der Waals surface area contributed by atoms with Crippen molar-refractivity contribution < 1.29 is 14.3 Å². The average molecular weight is 408 g/mol. The maximum atomic E-state index is 13.4. The van der Waals surface area contributed by atoms with Gasteiger partial charge >= 0.3 is 0 Å². The lowest BCUT2D eigenvalue weighted by Gasteiger charge is -2.31. The number of benzene rings is 2. The molecule has 1 aliphatic rings. The second-order valence-electron chi connectivity index (χ2n) is 7.15. The molecule has 3 rings (SSSR count). The standard InChI is InChI=1S/C24H29N3O3/c1-4-26(5-2)16-10-15-25-17-20-18-11-6-7-12-19(18)23(28)27(24(20)29)21-13-8-9-14-22(21)30-3/h6-9,11-14,17,20H,4-5,10,15-16H2,1-3H3. The van der Waals surface area contributed by atoms with Crippen molar-refractivity contribution >= 4 is 23.7 Å². The van der Waals surface area contributed by atoms with Crippen molar-refractivity contribution in [2.24, 2.45) is 4.99 Å². The number of aliphatic imine (C=N–C) groups is 1. The van der Waals surface area contributed by atoms with E-state index in [2.05, 4.69) is 23.7 Å². The van der Waals surface area contributed by atoms with Gasteiger partial charge in [-0.15, -0.1) is 0 Å². The van der Waals surface area contributed by atoms with E-state index in [0.717, 1.165) is 26.1 Å². The lowest BCUT2D eigenvalue weighted by atomic mass is 9.89. The summed E-state index contributed by atoms with van der Waals surface area (Å²) >= 11 is 0. The normalized spacial score (nSPS) is 16.4. The summed E-state index contributed by atoms with van der Waals surface area (Å²) in [5.74, 6) is -0.771. The number of nitrogens with zero attached hydrogens (tertiary/aromatic N) is 3. The molecule has 0 fully saturated rings. The number of methoxy groups -OCH3 is 1. The van der Waals surface area contributed by atoms with Crippen molar-refractivity contribution in [1.82, 2.24) is 4.90 Å². The van der Waals surface area contributed by atoms with Crippen molar-refractivity contribution in [3.63, 3.8) is 0 Å². The van der Waals surface area contributed by atoms with Crippen molar-refractivity contribution in [2.75, 3.05) is 38.2 Å². The molecule has 0 aromatic heterocycles. The molecule has 0 N–H and O–H groups in total. The second kappa shape index (κ2) is 10.2. The Hall–Kier alpha value is -2.99. The van der Waals surface area contributed by atoms with E-state index >= 15 is 0 Å². The molecule has 6 heteroatoms. The van der Waals surface area contributed by atoms with Gasteiger partial charge in [0.05, 0.1) is 18.7 Å². The molecule has 2 aromatic carbocycles. The highest BCUT2D eigenvalue weighted by Gasteiger charge is 2.39. The van der Waals surface area contributed by atoms with E-state index in [0.29, 0.717) is 29.1 Å². The van der Waals surface area contributed by atoms with E-state index in [-0.39, 0.29) is 11.8 Å². The van der Waals surface area contributed by atoms with Crippen LogP contribution in [0.2, 0.25) is 0 Å². The molecule has 0 radical (unpaired) electrons. The van der Waals surface area contributed by atoms with E-state index in [4.69, 9.17) is 4.74 Å². The lowest BCUT2D eigenvalue weighted by Crippen LogP contribution is -2.45. The highest BCUT2D eigenvalue weighted by atomic mass is 16.5. The number of anilines is 1. The van der Waals surface area contributed by atoms with Gasteiger partial charge in [0, 0.05) is 18.3 Å². The number of amides is 2. The molecule has 30 heavy (non-hydrogen) atoms. The van der Waals surface area contributed by atoms with Crippen LogP contribution in [0.5, 0.6) is 5.75 Å². The van der Waals surface area contributed by atoms with Crippen LogP contribution in [0.4, 0.5) is 5.69 Å². The molecule has 0 bridgehead atoms. The summed E-state index contributed by atoms with van der Waals surface area (Å²) in [6.45, 7) is 7.95. The molecule has 1 unspecified atom stereocenters. The average Bonchev–Trinajstić information content (AvgIpc) is 2.78. The highest BCUT2D eigenvalue weighted by Crippen LogP contribution is 2.36. The molecule has 158 valence electrons. The molecule has 2 aromatic rings. The Bertz CT molecular complexity index is 921. The number of ether oxygens (including phenoxy) is 1. The molecule has 0 saturated carbocycles. The van der Waals surface area contributed by atoms with Crippen LogP contribution in [-0.4, -0.2) is 56.2 Å². The Morgan fingerprint density at radius 2 is 1.77 bits per heavy atom. The summed E-state index contributed by atoms with van der Waals surface area (Å²) in [5, 5.41) is 0. The van der Waals surface area contributed by atoms with Crippen LogP contribution in [0.25, 0.3) is 0 Å². The Kier molecular flexibility index (Phi) is 7.36. The third kappa shape index (κ3) is 4.44. The first-order chi connectivity index (χ1) is 14.6. The summed E-state index contributed by atoms with van der Waals surface area (Å²) in [5.41, 5.74) is 1.66. The van der Waals surface area contributed by atoms with Gasteiger partial charge in [-0.2, -0.15) is 0 Å². The molecule has 0 spiro atoms. The molecule has 6 nitrogen and oxygen atoms in total. The molecular weight excluding hydrogens is 378 g/mol. The van der Waals surface area contributed by atoms with Gasteiger partial charge in [0.2, 0.25) is 5.91 Å². The van der Waals surface area contributed by atoms with Crippen LogP contribution in [-0.2, 0) is 4.79 Å². The third-order valence-electron chi connectivity index (χ3n) is 5.45. The molecule has 2 amide bonds. The number of carbonyl (C=O) groups is 2. The van der Waals surface area contributed by atoms with Crippen molar-refractivity contribution in [3.8, 4) is 5.75 Å². The maximum Gasteiger partial charge on any atom is 0.265 e. The van der Waals surface area contributed by atoms with Crippen LogP contribution in [0.15, 0.2) is 53.5 Å². The van der Waals surface area contributed by atoms with E-state index in [9.17, 15) is 9.59 Å². The Labute approximate surface area is 178 Å². The molecular formula is C24H29N3O3. The summed E-state index contributed by atoms with van der Waals surface area (Å²) in [4.78, 5) is 34.6.